The van der Waals surface area contributed by atoms with Gasteiger partial charge in [0.05, 0.1) is 5.69 Å². The highest BCUT2D eigenvalue weighted by Gasteiger charge is 2.10. The molecule has 0 heterocycles. The van der Waals surface area contributed by atoms with Gasteiger partial charge in [-0.3, -0.25) is 4.79 Å². The predicted octanol–water partition coefficient (Wildman–Crippen LogP) is 3.77. The molecule has 0 aliphatic rings. The highest BCUT2D eigenvalue weighted by Crippen LogP contribution is 2.27. The van der Waals surface area contributed by atoms with Crippen LogP contribution in [0.15, 0.2) is 47.4 Å². The summed E-state index contributed by atoms with van der Waals surface area (Å²) in [6.45, 7) is 2.04. The Hall–Kier alpha value is -2.01. The first kappa shape index (κ1) is 14.4. The Morgan fingerprint density at radius 2 is 2.05 bits per heavy atom. The lowest BCUT2D eigenvalue weighted by Gasteiger charge is -2.10. The minimum absolute atomic E-state index is 0.207. The fourth-order valence-corrected chi connectivity index (χ4v) is 2.55. The molecule has 5 heteroatoms. The Kier molecular flexibility index (Phi) is 4.63. The topological polar surface area (TPSA) is 55.1 Å². The van der Waals surface area contributed by atoms with E-state index in [4.69, 9.17) is 5.73 Å². The largest absolute Gasteiger partial charge is 0.399 e. The Bertz CT molecular complexity index is 611. The number of nitrogen functional groups attached to an aromatic ring is 1. The number of carbonyl (C=O) groups excluding carboxylic acids is 1. The lowest BCUT2D eigenvalue weighted by molar-refractivity contribution is 0.102. The van der Waals surface area contributed by atoms with Crippen LogP contribution >= 0.6 is 11.8 Å². The van der Waals surface area contributed by atoms with Gasteiger partial charge in [0, 0.05) is 16.1 Å². The zero-order valence-electron chi connectivity index (χ0n) is 11.0. The van der Waals surface area contributed by atoms with Gasteiger partial charge in [0.15, 0.2) is 0 Å². The zero-order chi connectivity index (χ0) is 14.5. The van der Waals surface area contributed by atoms with Crippen molar-refractivity contribution in [2.24, 2.45) is 0 Å². The predicted molar refractivity (Wildman–Crippen MR) is 81.6 cm³/mol. The number of rotatable bonds is 4. The van der Waals surface area contributed by atoms with Gasteiger partial charge in [-0.15, -0.1) is 11.8 Å². The third kappa shape index (κ3) is 3.51. The Morgan fingerprint density at radius 1 is 1.30 bits per heavy atom. The van der Waals surface area contributed by atoms with Gasteiger partial charge in [0.2, 0.25) is 0 Å². The number of benzene rings is 2. The van der Waals surface area contributed by atoms with Crippen molar-refractivity contribution in [1.29, 1.82) is 0 Å². The molecule has 0 spiro atoms. The summed E-state index contributed by atoms with van der Waals surface area (Å²) in [5.41, 5.74) is 6.69. The summed E-state index contributed by atoms with van der Waals surface area (Å²) in [7, 11) is 0. The molecular formula is C15H15FN2OS. The highest BCUT2D eigenvalue weighted by molar-refractivity contribution is 7.99. The van der Waals surface area contributed by atoms with Gasteiger partial charge in [0.1, 0.15) is 5.82 Å². The average molecular weight is 290 g/mol. The van der Waals surface area contributed by atoms with Crippen LogP contribution in [0.3, 0.4) is 0 Å². The SMILES string of the molecule is CCSc1ccccc1NC(=O)c1cc(N)cc(F)c1. The summed E-state index contributed by atoms with van der Waals surface area (Å²) in [4.78, 5) is 13.1. The number of anilines is 2. The van der Waals surface area contributed by atoms with Crippen molar-refractivity contribution in [2.45, 2.75) is 11.8 Å². The number of hydrogen-bond acceptors (Lipinski definition) is 3. The van der Waals surface area contributed by atoms with E-state index in [0.717, 1.165) is 10.6 Å². The highest BCUT2D eigenvalue weighted by atomic mass is 32.2. The van der Waals surface area contributed by atoms with Crippen LogP contribution in [0.2, 0.25) is 0 Å². The summed E-state index contributed by atoms with van der Waals surface area (Å²) in [5, 5.41) is 2.78. The first-order valence-electron chi connectivity index (χ1n) is 6.19. The molecule has 0 bridgehead atoms. The van der Waals surface area contributed by atoms with Crippen molar-refractivity contribution in [3.8, 4) is 0 Å². The average Bonchev–Trinajstić information content (AvgIpc) is 2.40. The van der Waals surface area contributed by atoms with E-state index in [1.807, 2.05) is 31.2 Å². The molecule has 2 aromatic rings. The van der Waals surface area contributed by atoms with Crippen LogP contribution in [0.4, 0.5) is 15.8 Å². The van der Waals surface area contributed by atoms with Gasteiger partial charge in [-0.1, -0.05) is 19.1 Å². The first-order valence-corrected chi connectivity index (χ1v) is 7.18. The summed E-state index contributed by atoms with van der Waals surface area (Å²) < 4.78 is 13.3. The smallest absolute Gasteiger partial charge is 0.255 e. The molecule has 0 saturated carbocycles. The minimum Gasteiger partial charge on any atom is -0.399 e. The van der Waals surface area contributed by atoms with Gasteiger partial charge >= 0.3 is 0 Å². The number of nitrogens with two attached hydrogens (primary N) is 1. The normalized spacial score (nSPS) is 10.3. The van der Waals surface area contributed by atoms with Crippen molar-refractivity contribution < 1.29 is 9.18 Å². The van der Waals surface area contributed by atoms with Crippen LogP contribution in [-0.2, 0) is 0 Å². The Balaban J connectivity index is 2.23. The maximum absolute atomic E-state index is 13.3. The van der Waals surface area contributed by atoms with Crippen LogP contribution in [0.5, 0.6) is 0 Å². The molecule has 20 heavy (non-hydrogen) atoms. The molecule has 0 unspecified atom stereocenters. The molecule has 0 aliphatic carbocycles. The molecule has 3 N–H and O–H groups in total. The monoisotopic (exact) mass is 290 g/mol. The maximum Gasteiger partial charge on any atom is 0.255 e. The number of nitrogens with one attached hydrogen (secondary N) is 1. The third-order valence-electron chi connectivity index (χ3n) is 2.62. The van der Waals surface area contributed by atoms with Crippen LogP contribution in [0.1, 0.15) is 17.3 Å². The zero-order valence-corrected chi connectivity index (χ0v) is 11.8. The fraction of sp³-hybridized carbons (Fsp3) is 0.133. The van der Waals surface area contributed by atoms with E-state index in [2.05, 4.69) is 5.32 Å². The molecule has 1 amide bonds. The minimum atomic E-state index is -0.522. The van der Waals surface area contributed by atoms with Crippen molar-refractivity contribution in [1.82, 2.24) is 0 Å². The van der Waals surface area contributed by atoms with Gasteiger partial charge in [-0.2, -0.15) is 0 Å². The number of halogens is 1. The fourth-order valence-electron chi connectivity index (χ4n) is 1.79. The number of carbonyl (C=O) groups is 1. The molecule has 0 aliphatic heterocycles. The van der Waals surface area contributed by atoms with E-state index in [1.54, 1.807) is 11.8 Å². The summed E-state index contributed by atoms with van der Waals surface area (Å²) >= 11 is 1.63. The molecule has 0 fully saturated rings. The van der Waals surface area contributed by atoms with Gasteiger partial charge in [-0.25, -0.2) is 4.39 Å². The Morgan fingerprint density at radius 3 is 2.75 bits per heavy atom. The molecular weight excluding hydrogens is 275 g/mol. The standard InChI is InChI=1S/C15H15FN2OS/c1-2-20-14-6-4-3-5-13(14)18-15(19)10-7-11(16)9-12(17)8-10/h3-9H,2,17H2,1H3,(H,18,19). The first-order chi connectivity index (χ1) is 9.60. The summed E-state index contributed by atoms with van der Waals surface area (Å²) in [5.74, 6) is 0.00602. The van der Waals surface area contributed by atoms with Crippen molar-refractivity contribution >= 4 is 29.0 Å². The lowest BCUT2D eigenvalue weighted by atomic mass is 10.2. The van der Waals surface area contributed by atoms with E-state index >= 15 is 0 Å². The molecule has 3 nitrogen and oxygen atoms in total. The van der Waals surface area contributed by atoms with Crippen LogP contribution < -0.4 is 11.1 Å². The van der Waals surface area contributed by atoms with E-state index in [1.165, 1.54) is 18.2 Å². The second-order valence-electron chi connectivity index (χ2n) is 4.16. The van der Waals surface area contributed by atoms with Crippen molar-refractivity contribution in [3.63, 3.8) is 0 Å². The van der Waals surface area contributed by atoms with Crippen molar-refractivity contribution in [2.75, 3.05) is 16.8 Å². The van der Waals surface area contributed by atoms with Crippen LogP contribution in [0.25, 0.3) is 0 Å². The van der Waals surface area contributed by atoms with E-state index in [0.29, 0.717) is 5.69 Å². The second-order valence-corrected chi connectivity index (χ2v) is 5.46. The summed E-state index contributed by atoms with van der Waals surface area (Å²) in [6, 6.07) is 11.3. The number of thioether (sulfide) groups is 1. The van der Waals surface area contributed by atoms with Gasteiger partial charge < -0.3 is 11.1 Å². The number of para-hydroxylation sites is 1. The lowest BCUT2D eigenvalue weighted by Crippen LogP contribution is -2.13. The van der Waals surface area contributed by atoms with Crippen molar-refractivity contribution in [3.05, 3.63) is 53.8 Å². The van der Waals surface area contributed by atoms with E-state index < -0.39 is 5.82 Å². The van der Waals surface area contributed by atoms with Crippen LogP contribution in [-0.4, -0.2) is 11.7 Å². The molecule has 2 rings (SSSR count). The number of hydrogen-bond donors (Lipinski definition) is 2. The maximum atomic E-state index is 13.3. The molecule has 104 valence electrons. The molecule has 0 radical (unpaired) electrons. The second kappa shape index (κ2) is 6.43. The summed E-state index contributed by atoms with van der Waals surface area (Å²) in [6.07, 6.45) is 0. The van der Waals surface area contributed by atoms with E-state index in [9.17, 15) is 9.18 Å². The quantitative estimate of drug-likeness (QED) is 0.665. The van der Waals surface area contributed by atoms with Gasteiger partial charge in [-0.05, 0) is 36.1 Å². The molecule has 0 aromatic heterocycles. The molecule has 2 aromatic carbocycles. The third-order valence-corrected chi connectivity index (χ3v) is 3.57. The van der Waals surface area contributed by atoms with Gasteiger partial charge in [0.25, 0.3) is 5.91 Å². The van der Waals surface area contributed by atoms with E-state index in [-0.39, 0.29) is 17.2 Å². The van der Waals surface area contributed by atoms with Crippen LogP contribution in [0, 0.1) is 5.82 Å². The molecule has 0 saturated heterocycles. The number of amides is 1. The molecule has 0 atom stereocenters. The Labute approximate surface area is 121 Å².